The Morgan fingerprint density at radius 1 is 1.23 bits per heavy atom. The number of aryl methyl sites for hydroxylation is 1. The summed E-state index contributed by atoms with van der Waals surface area (Å²) in [6, 6.07) is -0.510. The predicted octanol–water partition coefficient (Wildman–Crippen LogP) is 1.04. The van der Waals surface area contributed by atoms with Gasteiger partial charge in [0.05, 0.1) is 6.33 Å². The van der Waals surface area contributed by atoms with Gasteiger partial charge < -0.3 is 20.3 Å². The minimum absolute atomic E-state index is 0.0355. The number of amides is 1. The van der Waals surface area contributed by atoms with Gasteiger partial charge in [-0.2, -0.15) is 0 Å². The van der Waals surface area contributed by atoms with Crippen molar-refractivity contribution in [2.45, 2.75) is 57.2 Å². The van der Waals surface area contributed by atoms with Crippen LogP contribution in [-0.2, 0) is 16.1 Å². The number of aromatic nitrogens is 4. The standard InChI is InChI=1S/C17H22N6O3/c18-15-13-16(20-8-19-15)22(9-21-13)6-2-1-3-12(24)23-11-5-4-10(7-11)14(23)17(25)26/h8-11,14H,1-7H2,(H,25,26)(H2,18,19,20). The molecule has 2 aromatic heterocycles. The lowest BCUT2D eigenvalue weighted by atomic mass is 9.98. The fourth-order valence-corrected chi connectivity index (χ4v) is 4.41. The Kier molecular flexibility index (Phi) is 4.21. The van der Waals surface area contributed by atoms with E-state index >= 15 is 0 Å². The van der Waals surface area contributed by atoms with Crippen LogP contribution in [-0.4, -0.2) is 53.5 Å². The van der Waals surface area contributed by atoms with E-state index in [2.05, 4.69) is 15.0 Å². The Labute approximate surface area is 150 Å². The number of nitrogens with zero attached hydrogens (tertiary/aromatic N) is 5. The number of rotatable bonds is 6. The zero-order valence-corrected chi connectivity index (χ0v) is 14.4. The van der Waals surface area contributed by atoms with Crippen LogP contribution in [0.4, 0.5) is 5.82 Å². The van der Waals surface area contributed by atoms with Gasteiger partial charge in [0.15, 0.2) is 11.5 Å². The average Bonchev–Trinajstić information content (AvgIpc) is 3.33. The number of unbranched alkanes of at least 4 members (excludes halogenated alkanes) is 1. The zero-order valence-electron chi connectivity index (χ0n) is 14.4. The fourth-order valence-electron chi connectivity index (χ4n) is 4.41. The second-order valence-electron chi connectivity index (χ2n) is 7.14. The summed E-state index contributed by atoms with van der Waals surface area (Å²) < 4.78 is 1.90. The van der Waals surface area contributed by atoms with Crippen LogP contribution in [0, 0.1) is 5.92 Å². The van der Waals surface area contributed by atoms with Crippen molar-refractivity contribution in [3.8, 4) is 0 Å². The molecule has 3 N–H and O–H groups in total. The lowest BCUT2D eigenvalue weighted by Crippen LogP contribution is -2.48. The first-order valence-corrected chi connectivity index (χ1v) is 9.01. The van der Waals surface area contributed by atoms with Crippen molar-refractivity contribution in [3.05, 3.63) is 12.7 Å². The van der Waals surface area contributed by atoms with Gasteiger partial charge in [0.1, 0.15) is 17.9 Å². The first-order valence-electron chi connectivity index (χ1n) is 9.01. The summed E-state index contributed by atoms with van der Waals surface area (Å²) in [6.45, 7) is 0.675. The summed E-state index contributed by atoms with van der Waals surface area (Å²) in [5.41, 5.74) is 7.05. The van der Waals surface area contributed by atoms with Crippen LogP contribution in [0.3, 0.4) is 0 Å². The maximum atomic E-state index is 12.6. The van der Waals surface area contributed by atoms with Gasteiger partial charge in [-0.3, -0.25) is 4.79 Å². The summed E-state index contributed by atoms with van der Waals surface area (Å²) in [7, 11) is 0. The number of hydrogen-bond acceptors (Lipinski definition) is 6. The summed E-state index contributed by atoms with van der Waals surface area (Å²) in [5, 5.41) is 9.45. The van der Waals surface area contributed by atoms with Crippen molar-refractivity contribution >= 4 is 28.9 Å². The largest absolute Gasteiger partial charge is 0.480 e. The second kappa shape index (κ2) is 6.54. The number of nitrogen functional groups attached to an aromatic ring is 1. The highest BCUT2D eigenvalue weighted by Crippen LogP contribution is 2.42. The molecule has 4 rings (SSSR count). The third-order valence-electron chi connectivity index (χ3n) is 5.60. The number of nitrogens with two attached hydrogens (primary N) is 1. The quantitative estimate of drug-likeness (QED) is 0.739. The third-order valence-corrected chi connectivity index (χ3v) is 5.60. The van der Waals surface area contributed by atoms with E-state index < -0.39 is 12.0 Å². The van der Waals surface area contributed by atoms with Gasteiger partial charge in [0.25, 0.3) is 0 Å². The molecule has 0 aromatic carbocycles. The topological polar surface area (TPSA) is 127 Å². The number of carboxylic acid groups (broad SMARTS) is 1. The minimum atomic E-state index is -0.868. The van der Waals surface area contributed by atoms with E-state index in [1.165, 1.54) is 6.33 Å². The van der Waals surface area contributed by atoms with Gasteiger partial charge in [-0.25, -0.2) is 19.7 Å². The number of carboxylic acids is 1. The number of carbonyl (C=O) groups is 2. The van der Waals surface area contributed by atoms with E-state index in [1.807, 2.05) is 4.57 Å². The highest BCUT2D eigenvalue weighted by atomic mass is 16.4. The molecule has 0 radical (unpaired) electrons. The van der Waals surface area contributed by atoms with Crippen LogP contribution < -0.4 is 5.73 Å². The van der Waals surface area contributed by atoms with E-state index in [1.54, 1.807) is 11.2 Å². The molecule has 1 saturated heterocycles. The van der Waals surface area contributed by atoms with Crippen molar-refractivity contribution in [3.63, 3.8) is 0 Å². The van der Waals surface area contributed by atoms with Crippen molar-refractivity contribution in [1.82, 2.24) is 24.4 Å². The van der Waals surface area contributed by atoms with Gasteiger partial charge in [0, 0.05) is 19.0 Å². The minimum Gasteiger partial charge on any atom is -0.480 e. The summed E-state index contributed by atoms with van der Waals surface area (Å²) in [4.78, 5) is 38.1. The van der Waals surface area contributed by atoms with Crippen LogP contribution in [0.5, 0.6) is 0 Å². The van der Waals surface area contributed by atoms with E-state index in [0.717, 1.165) is 25.7 Å². The normalized spacial score (nSPS) is 24.5. The molecular weight excluding hydrogens is 336 g/mol. The molecule has 138 valence electrons. The number of aliphatic carboxylic acids is 1. The van der Waals surface area contributed by atoms with Crippen LogP contribution >= 0.6 is 0 Å². The van der Waals surface area contributed by atoms with Crippen molar-refractivity contribution in [1.29, 1.82) is 0 Å². The van der Waals surface area contributed by atoms with E-state index in [0.29, 0.717) is 36.4 Å². The number of piperidine rings is 1. The molecule has 3 unspecified atom stereocenters. The van der Waals surface area contributed by atoms with Crippen LogP contribution in [0.25, 0.3) is 11.2 Å². The summed E-state index contributed by atoms with van der Waals surface area (Å²) in [6.07, 6.45) is 7.62. The van der Waals surface area contributed by atoms with E-state index in [4.69, 9.17) is 5.73 Å². The molecule has 0 spiro atoms. The second-order valence-corrected chi connectivity index (χ2v) is 7.14. The molecule has 2 fully saturated rings. The molecule has 1 saturated carbocycles. The van der Waals surface area contributed by atoms with Gasteiger partial charge >= 0.3 is 5.97 Å². The number of carbonyl (C=O) groups excluding carboxylic acids is 1. The molecule has 1 aliphatic carbocycles. The van der Waals surface area contributed by atoms with Crippen molar-refractivity contribution in [2.75, 3.05) is 5.73 Å². The van der Waals surface area contributed by atoms with E-state index in [-0.39, 0.29) is 17.9 Å². The Balaban J connectivity index is 1.32. The van der Waals surface area contributed by atoms with Crippen LogP contribution in [0.1, 0.15) is 38.5 Å². The monoisotopic (exact) mass is 358 g/mol. The summed E-state index contributed by atoms with van der Waals surface area (Å²) >= 11 is 0. The first-order chi connectivity index (χ1) is 12.6. The highest BCUT2D eigenvalue weighted by Gasteiger charge is 2.51. The molecule has 26 heavy (non-hydrogen) atoms. The number of anilines is 1. The predicted molar refractivity (Wildman–Crippen MR) is 93.0 cm³/mol. The Hall–Kier alpha value is -2.71. The maximum Gasteiger partial charge on any atom is 0.326 e. The SMILES string of the molecule is Nc1ncnc2c1ncn2CCCCC(=O)N1C2CCC(C2)C1C(=O)O. The van der Waals surface area contributed by atoms with Gasteiger partial charge in [-0.15, -0.1) is 0 Å². The molecule has 2 aromatic rings. The maximum absolute atomic E-state index is 12.6. The lowest BCUT2D eigenvalue weighted by Gasteiger charge is -2.32. The smallest absolute Gasteiger partial charge is 0.326 e. The van der Waals surface area contributed by atoms with Gasteiger partial charge in [-0.1, -0.05) is 0 Å². The van der Waals surface area contributed by atoms with E-state index in [9.17, 15) is 14.7 Å². The Morgan fingerprint density at radius 3 is 2.88 bits per heavy atom. The zero-order chi connectivity index (χ0) is 18.3. The van der Waals surface area contributed by atoms with Crippen molar-refractivity contribution in [2.24, 2.45) is 5.92 Å². The lowest BCUT2D eigenvalue weighted by molar-refractivity contribution is -0.152. The molecule has 2 aliphatic rings. The van der Waals surface area contributed by atoms with Gasteiger partial charge in [-0.05, 0) is 38.0 Å². The Morgan fingerprint density at radius 2 is 2.08 bits per heavy atom. The number of likely N-dealkylation sites (tertiary alicyclic amines) is 1. The molecule has 3 heterocycles. The number of imidazole rings is 1. The molecule has 1 amide bonds. The first kappa shape index (κ1) is 16.7. The number of fused-ring (bicyclic) bond motifs is 3. The number of hydrogen-bond donors (Lipinski definition) is 2. The van der Waals surface area contributed by atoms with Crippen LogP contribution in [0.15, 0.2) is 12.7 Å². The molecular formula is C17H22N6O3. The molecule has 2 bridgehead atoms. The van der Waals surface area contributed by atoms with Gasteiger partial charge in [0.2, 0.25) is 5.91 Å². The average molecular weight is 358 g/mol. The molecule has 3 atom stereocenters. The van der Waals surface area contributed by atoms with Crippen molar-refractivity contribution < 1.29 is 14.7 Å². The van der Waals surface area contributed by atoms with Crippen LogP contribution in [0.2, 0.25) is 0 Å². The fraction of sp³-hybridized carbons (Fsp3) is 0.588. The molecule has 9 heteroatoms. The molecule has 1 aliphatic heterocycles. The third kappa shape index (κ3) is 2.77. The highest BCUT2D eigenvalue weighted by molar-refractivity contribution is 5.85. The molecule has 9 nitrogen and oxygen atoms in total. The Bertz CT molecular complexity index is 850. The summed E-state index contributed by atoms with van der Waals surface area (Å²) in [5.74, 6) is -0.420.